The van der Waals surface area contributed by atoms with Crippen LogP contribution in [0.4, 0.5) is 5.69 Å². The summed E-state index contributed by atoms with van der Waals surface area (Å²) < 4.78 is 0. The Morgan fingerprint density at radius 2 is 1.90 bits per heavy atom. The summed E-state index contributed by atoms with van der Waals surface area (Å²) in [6.07, 6.45) is 5.52. The van der Waals surface area contributed by atoms with Crippen LogP contribution in [0.3, 0.4) is 0 Å². The summed E-state index contributed by atoms with van der Waals surface area (Å²) >= 11 is 0. The zero-order chi connectivity index (χ0) is 20.9. The smallest absolute Gasteiger partial charge is 0.230 e. The Morgan fingerprint density at radius 3 is 2.61 bits per heavy atom. The van der Waals surface area contributed by atoms with Crippen LogP contribution in [0.5, 0.6) is 0 Å². The fourth-order valence-electron chi connectivity index (χ4n) is 4.22. The summed E-state index contributed by atoms with van der Waals surface area (Å²) in [6.45, 7) is 2.84. The molecule has 0 spiro atoms. The van der Waals surface area contributed by atoms with Gasteiger partial charge in [-0.05, 0) is 55.0 Å². The van der Waals surface area contributed by atoms with Crippen molar-refractivity contribution in [1.29, 1.82) is 5.26 Å². The van der Waals surface area contributed by atoms with Crippen LogP contribution in [0.15, 0.2) is 60.8 Å². The third-order valence-corrected chi connectivity index (χ3v) is 6.07. The second kappa shape index (κ2) is 10.3. The second-order valence-electron chi connectivity index (χ2n) is 8.04. The van der Waals surface area contributed by atoms with E-state index in [2.05, 4.69) is 23.0 Å². The number of carbonyl (C=O) groups excluding carboxylic acids is 1. The first-order valence-electron chi connectivity index (χ1n) is 10.5. The van der Waals surface area contributed by atoms with E-state index in [1.807, 2.05) is 65.7 Å². The number of nitriles is 1. The Labute approximate surface area is 189 Å². The average Bonchev–Trinajstić information content (AvgIpc) is 3.23. The van der Waals surface area contributed by atoms with E-state index in [4.69, 9.17) is 5.26 Å². The Morgan fingerprint density at radius 1 is 1.16 bits per heavy atom. The first-order chi connectivity index (χ1) is 14.6. The molecule has 2 atom stereocenters. The van der Waals surface area contributed by atoms with Gasteiger partial charge >= 0.3 is 0 Å². The fraction of sp³-hybridized carbons (Fsp3) is 0.320. The molecule has 2 heterocycles. The van der Waals surface area contributed by atoms with Crippen LogP contribution in [-0.4, -0.2) is 22.4 Å². The zero-order valence-electron chi connectivity index (χ0n) is 17.6. The number of hydrogen-bond donors (Lipinski definition) is 1. The number of nitrogens with one attached hydrogen (secondary N) is 1. The molecule has 0 saturated carbocycles. The average molecular weight is 435 g/mol. The lowest BCUT2D eigenvalue weighted by atomic mass is 9.82. The lowest BCUT2D eigenvalue weighted by Crippen LogP contribution is -2.44. The minimum absolute atomic E-state index is 0. The number of benzene rings is 2. The summed E-state index contributed by atoms with van der Waals surface area (Å²) in [5, 5.41) is 8.90. The summed E-state index contributed by atoms with van der Waals surface area (Å²) in [7, 11) is 0. The monoisotopic (exact) mass is 434 g/mol. The Hall–Kier alpha value is -3.10. The molecule has 6 heteroatoms. The van der Waals surface area contributed by atoms with Gasteiger partial charge < -0.3 is 9.88 Å². The molecule has 1 aliphatic rings. The molecule has 1 N–H and O–H groups in total. The number of rotatable bonds is 6. The molecular weight excluding hydrogens is 408 g/mol. The zero-order valence-corrected chi connectivity index (χ0v) is 18.4. The van der Waals surface area contributed by atoms with Gasteiger partial charge in [-0.15, -0.1) is 12.4 Å². The lowest BCUT2D eigenvalue weighted by Gasteiger charge is -2.36. The number of aromatic amines is 1. The Bertz CT molecular complexity index is 1040. The van der Waals surface area contributed by atoms with E-state index in [0.29, 0.717) is 11.5 Å². The van der Waals surface area contributed by atoms with E-state index in [9.17, 15) is 4.79 Å². The molecule has 1 aromatic heterocycles. The predicted molar refractivity (Wildman–Crippen MR) is 124 cm³/mol. The van der Waals surface area contributed by atoms with Crippen LogP contribution >= 0.6 is 12.4 Å². The van der Waals surface area contributed by atoms with Crippen LogP contribution in [-0.2, 0) is 17.6 Å². The number of amides is 1. The number of anilines is 1. The Kier molecular flexibility index (Phi) is 7.49. The summed E-state index contributed by atoms with van der Waals surface area (Å²) in [4.78, 5) is 22.7. The van der Waals surface area contributed by atoms with E-state index < -0.39 is 0 Å². The number of nitrogens with zero attached hydrogens (tertiary/aromatic N) is 3. The van der Waals surface area contributed by atoms with Crippen molar-refractivity contribution >= 4 is 24.0 Å². The number of aryl methyl sites for hydroxylation is 1. The number of para-hydroxylation sites is 1. The van der Waals surface area contributed by atoms with Crippen LogP contribution in [0, 0.1) is 23.2 Å². The quantitative estimate of drug-likeness (QED) is 0.598. The first-order valence-corrected chi connectivity index (χ1v) is 10.5. The third kappa shape index (κ3) is 5.34. The van der Waals surface area contributed by atoms with Crippen molar-refractivity contribution in [3.8, 4) is 6.07 Å². The van der Waals surface area contributed by atoms with E-state index in [1.54, 1.807) is 0 Å². The highest BCUT2D eigenvalue weighted by molar-refractivity contribution is 5.95. The highest BCUT2D eigenvalue weighted by Crippen LogP contribution is 2.31. The molecule has 1 fully saturated rings. The van der Waals surface area contributed by atoms with E-state index in [1.165, 1.54) is 0 Å². The van der Waals surface area contributed by atoms with E-state index >= 15 is 0 Å². The van der Waals surface area contributed by atoms with Crippen molar-refractivity contribution in [3.05, 3.63) is 83.4 Å². The minimum Gasteiger partial charge on any atom is -0.346 e. The molecule has 1 amide bonds. The molecule has 2 aromatic carbocycles. The number of H-pyrrole nitrogens is 1. The van der Waals surface area contributed by atoms with Gasteiger partial charge in [0.15, 0.2) is 0 Å². The topological polar surface area (TPSA) is 72.8 Å². The van der Waals surface area contributed by atoms with Crippen molar-refractivity contribution in [3.63, 3.8) is 0 Å². The largest absolute Gasteiger partial charge is 0.346 e. The van der Waals surface area contributed by atoms with Gasteiger partial charge in [-0.2, -0.15) is 5.26 Å². The summed E-state index contributed by atoms with van der Waals surface area (Å²) in [6, 6.07) is 19.7. The molecule has 160 valence electrons. The predicted octanol–water partition coefficient (Wildman–Crippen LogP) is 4.92. The molecular formula is C25H27ClN4O. The van der Waals surface area contributed by atoms with Crippen LogP contribution in [0.1, 0.15) is 42.4 Å². The van der Waals surface area contributed by atoms with Gasteiger partial charge in [0, 0.05) is 36.5 Å². The second-order valence-corrected chi connectivity index (χ2v) is 8.04. The number of carbonyl (C=O) groups is 1. The molecule has 5 nitrogen and oxygen atoms in total. The summed E-state index contributed by atoms with van der Waals surface area (Å²) in [5.41, 5.74) is 3.90. The van der Waals surface area contributed by atoms with Crippen LogP contribution < -0.4 is 4.90 Å². The van der Waals surface area contributed by atoms with Gasteiger partial charge in [-0.25, -0.2) is 4.98 Å². The SMILES string of the molecule is C[C@H]1C(=O)N(c2ccccc2)CC[C@@H]1CCc1cnc(Cc2ccc(C#N)cc2)[nH]1.Cl. The highest BCUT2D eigenvalue weighted by Gasteiger charge is 2.33. The lowest BCUT2D eigenvalue weighted by molar-refractivity contribution is -0.125. The minimum atomic E-state index is 0. The van der Waals surface area contributed by atoms with E-state index in [-0.39, 0.29) is 24.2 Å². The van der Waals surface area contributed by atoms with Crippen molar-refractivity contribution in [1.82, 2.24) is 9.97 Å². The molecule has 3 aromatic rings. The Balaban J connectivity index is 0.00000272. The van der Waals surface area contributed by atoms with Gasteiger partial charge in [0.2, 0.25) is 5.91 Å². The normalized spacial score (nSPS) is 18.3. The number of piperidine rings is 1. The molecule has 1 aliphatic heterocycles. The maximum Gasteiger partial charge on any atom is 0.230 e. The van der Waals surface area contributed by atoms with Gasteiger partial charge in [-0.1, -0.05) is 37.3 Å². The standard InChI is InChI=1S/C25H26N4O.ClH/c1-18-21(13-14-29(25(18)30)23-5-3-2-4-6-23)11-12-22-17-27-24(28-22)15-19-7-9-20(16-26)10-8-19;/h2-10,17-18,21H,11-15H2,1H3,(H,27,28);1H/t18-,21+;/m1./s1. The van der Waals surface area contributed by atoms with Gasteiger partial charge in [0.25, 0.3) is 0 Å². The number of imidazole rings is 1. The third-order valence-electron chi connectivity index (χ3n) is 6.07. The molecule has 0 unspecified atom stereocenters. The molecule has 0 radical (unpaired) electrons. The van der Waals surface area contributed by atoms with Crippen LogP contribution in [0.25, 0.3) is 0 Å². The fourth-order valence-corrected chi connectivity index (χ4v) is 4.22. The molecule has 4 rings (SSSR count). The molecule has 31 heavy (non-hydrogen) atoms. The molecule has 0 bridgehead atoms. The highest BCUT2D eigenvalue weighted by atomic mass is 35.5. The molecule has 0 aliphatic carbocycles. The van der Waals surface area contributed by atoms with Crippen molar-refractivity contribution < 1.29 is 4.79 Å². The van der Waals surface area contributed by atoms with Gasteiger partial charge in [0.05, 0.1) is 11.6 Å². The number of hydrogen-bond acceptors (Lipinski definition) is 3. The van der Waals surface area contributed by atoms with E-state index in [0.717, 1.165) is 55.0 Å². The van der Waals surface area contributed by atoms with Gasteiger partial charge in [-0.3, -0.25) is 4.79 Å². The number of aromatic nitrogens is 2. The molecule has 1 saturated heterocycles. The van der Waals surface area contributed by atoms with Crippen molar-refractivity contribution in [2.45, 2.75) is 32.6 Å². The first kappa shape index (κ1) is 22.6. The summed E-state index contributed by atoms with van der Waals surface area (Å²) in [5.74, 6) is 1.57. The van der Waals surface area contributed by atoms with Gasteiger partial charge in [0.1, 0.15) is 5.82 Å². The maximum atomic E-state index is 12.9. The van der Waals surface area contributed by atoms with Crippen LogP contribution in [0.2, 0.25) is 0 Å². The maximum absolute atomic E-state index is 12.9. The van der Waals surface area contributed by atoms with Crippen molar-refractivity contribution in [2.24, 2.45) is 11.8 Å². The van der Waals surface area contributed by atoms with Crippen molar-refractivity contribution in [2.75, 3.05) is 11.4 Å². The number of halogens is 1.